The van der Waals surface area contributed by atoms with E-state index >= 15 is 0 Å². The second-order valence-electron chi connectivity index (χ2n) is 5.08. The Hall–Kier alpha value is -1.89. The average Bonchev–Trinajstić information content (AvgIpc) is 2.51. The van der Waals surface area contributed by atoms with Gasteiger partial charge in [-0.15, -0.1) is 0 Å². The molecule has 0 unspecified atom stereocenters. The number of aliphatic hydroxyl groups excluding tert-OH is 1. The SMILES string of the molecule is CS(=O)(=O)c1ccc(C(=O)NC[C@H](O)c2cccc(Cl)c2)cc1. The van der Waals surface area contributed by atoms with Crippen molar-refractivity contribution in [2.24, 2.45) is 0 Å². The van der Waals surface area contributed by atoms with Crippen LogP contribution in [0.1, 0.15) is 22.0 Å². The number of sulfone groups is 1. The zero-order chi connectivity index (χ0) is 17.0. The van der Waals surface area contributed by atoms with E-state index in [1.165, 1.54) is 24.3 Å². The van der Waals surface area contributed by atoms with E-state index in [9.17, 15) is 18.3 Å². The van der Waals surface area contributed by atoms with Crippen LogP contribution in [0.5, 0.6) is 0 Å². The maximum absolute atomic E-state index is 12.0. The first-order valence-electron chi connectivity index (χ1n) is 6.79. The highest BCUT2D eigenvalue weighted by Crippen LogP contribution is 2.17. The zero-order valence-corrected chi connectivity index (χ0v) is 13.9. The highest BCUT2D eigenvalue weighted by molar-refractivity contribution is 7.90. The summed E-state index contributed by atoms with van der Waals surface area (Å²) in [4.78, 5) is 12.2. The first-order chi connectivity index (χ1) is 10.8. The van der Waals surface area contributed by atoms with Gasteiger partial charge in [-0.2, -0.15) is 0 Å². The van der Waals surface area contributed by atoms with Crippen LogP contribution in [0.25, 0.3) is 0 Å². The summed E-state index contributed by atoms with van der Waals surface area (Å²) in [6.45, 7) is 0.0208. The number of hydrogen-bond donors (Lipinski definition) is 2. The van der Waals surface area contributed by atoms with Gasteiger partial charge >= 0.3 is 0 Å². The Morgan fingerprint density at radius 1 is 1.22 bits per heavy atom. The van der Waals surface area contributed by atoms with Crippen LogP contribution in [-0.2, 0) is 9.84 Å². The molecule has 1 atom stereocenters. The largest absolute Gasteiger partial charge is 0.387 e. The number of rotatable bonds is 5. The van der Waals surface area contributed by atoms with Crippen molar-refractivity contribution >= 4 is 27.3 Å². The van der Waals surface area contributed by atoms with Crippen LogP contribution in [0.3, 0.4) is 0 Å². The van der Waals surface area contributed by atoms with Crippen LogP contribution in [0, 0.1) is 0 Å². The van der Waals surface area contributed by atoms with Gasteiger partial charge in [0.05, 0.1) is 11.0 Å². The first kappa shape index (κ1) is 17.5. The third-order valence-corrected chi connectivity index (χ3v) is 4.60. The fourth-order valence-electron chi connectivity index (χ4n) is 1.98. The summed E-state index contributed by atoms with van der Waals surface area (Å²) in [6, 6.07) is 12.3. The van der Waals surface area contributed by atoms with Gasteiger partial charge in [-0.1, -0.05) is 23.7 Å². The minimum absolute atomic E-state index is 0.0208. The number of carbonyl (C=O) groups excluding carboxylic acids is 1. The number of nitrogens with one attached hydrogen (secondary N) is 1. The normalized spacial score (nSPS) is 12.7. The van der Waals surface area contributed by atoms with Gasteiger partial charge < -0.3 is 10.4 Å². The number of benzene rings is 2. The number of carbonyl (C=O) groups is 1. The summed E-state index contributed by atoms with van der Waals surface area (Å²) in [5, 5.41) is 13.1. The Balaban J connectivity index is 1.99. The second kappa shape index (κ2) is 7.12. The van der Waals surface area contributed by atoms with Gasteiger partial charge in [0.25, 0.3) is 5.91 Å². The quantitative estimate of drug-likeness (QED) is 0.863. The number of aliphatic hydroxyl groups is 1. The second-order valence-corrected chi connectivity index (χ2v) is 7.53. The van der Waals surface area contributed by atoms with Crippen LogP contribution in [0.4, 0.5) is 0 Å². The van der Waals surface area contributed by atoms with E-state index in [0.29, 0.717) is 16.1 Å². The lowest BCUT2D eigenvalue weighted by molar-refractivity contribution is 0.0916. The van der Waals surface area contributed by atoms with Crippen molar-refractivity contribution in [1.29, 1.82) is 0 Å². The summed E-state index contributed by atoms with van der Waals surface area (Å²) < 4.78 is 22.7. The lowest BCUT2D eigenvalue weighted by Gasteiger charge is -2.12. The van der Waals surface area contributed by atoms with Gasteiger partial charge in [-0.25, -0.2) is 8.42 Å². The maximum Gasteiger partial charge on any atom is 0.251 e. The van der Waals surface area contributed by atoms with Crippen molar-refractivity contribution in [3.05, 3.63) is 64.7 Å². The molecule has 7 heteroatoms. The van der Waals surface area contributed by atoms with E-state index in [-0.39, 0.29) is 11.4 Å². The average molecular weight is 354 g/mol. The van der Waals surface area contributed by atoms with E-state index in [4.69, 9.17) is 11.6 Å². The molecule has 0 aliphatic heterocycles. The summed E-state index contributed by atoms with van der Waals surface area (Å²) in [5.41, 5.74) is 0.918. The van der Waals surface area contributed by atoms with E-state index in [1.807, 2.05) is 0 Å². The Morgan fingerprint density at radius 2 is 1.87 bits per heavy atom. The predicted molar refractivity (Wildman–Crippen MR) is 88.3 cm³/mol. The summed E-state index contributed by atoms with van der Waals surface area (Å²) in [7, 11) is -3.30. The van der Waals surface area contributed by atoms with Crippen molar-refractivity contribution in [3.63, 3.8) is 0 Å². The number of hydrogen-bond acceptors (Lipinski definition) is 4. The highest BCUT2D eigenvalue weighted by atomic mass is 35.5. The molecule has 2 aromatic carbocycles. The molecule has 0 radical (unpaired) electrons. The molecule has 2 aromatic rings. The molecule has 0 heterocycles. The van der Waals surface area contributed by atoms with Crippen molar-refractivity contribution < 1.29 is 18.3 Å². The third-order valence-electron chi connectivity index (χ3n) is 3.23. The maximum atomic E-state index is 12.0. The Morgan fingerprint density at radius 3 is 2.43 bits per heavy atom. The van der Waals surface area contributed by atoms with E-state index < -0.39 is 21.8 Å². The Kier molecular flexibility index (Phi) is 5.41. The van der Waals surface area contributed by atoms with Crippen LogP contribution >= 0.6 is 11.6 Å². The van der Waals surface area contributed by atoms with Crippen molar-refractivity contribution in [1.82, 2.24) is 5.32 Å². The fraction of sp³-hybridized carbons (Fsp3) is 0.188. The minimum Gasteiger partial charge on any atom is -0.387 e. The van der Waals surface area contributed by atoms with E-state index in [2.05, 4.69) is 5.32 Å². The zero-order valence-electron chi connectivity index (χ0n) is 12.4. The molecule has 0 saturated carbocycles. The fourth-order valence-corrected chi connectivity index (χ4v) is 2.81. The molecule has 0 aliphatic rings. The molecule has 2 N–H and O–H groups in total. The molecule has 1 amide bonds. The summed E-state index contributed by atoms with van der Waals surface area (Å²) in [6.07, 6.45) is 0.219. The van der Waals surface area contributed by atoms with E-state index in [1.54, 1.807) is 24.3 Å². The van der Waals surface area contributed by atoms with Crippen LogP contribution < -0.4 is 5.32 Å². The van der Waals surface area contributed by atoms with Gasteiger partial charge in [0.1, 0.15) is 0 Å². The molecule has 23 heavy (non-hydrogen) atoms. The lowest BCUT2D eigenvalue weighted by Crippen LogP contribution is -2.28. The monoisotopic (exact) mass is 353 g/mol. The van der Waals surface area contributed by atoms with Gasteiger partial charge in [0.2, 0.25) is 0 Å². The molecule has 0 aliphatic carbocycles. The topological polar surface area (TPSA) is 83.5 Å². The standard InChI is InChI=1S/C16H16ClNO4S/c1-23(21,22)14-7-5-11(6-8-14)16(20)18-10-15(19)12-3-2-4-13(17)9-12/h2-9,15,19H,10H2,1H3,(H,18,20)/t15-/m0/s1. The van der Waals surface area contributed by atoms with Crippen LogP contribution in [0.15, 0.2) is 53.4 Å². The predicted octanol–water partition coefficient (Wildman–Crippen LogP) is 2.21. The van der Waals surface area contributed by atoms with E-state index in [0.717, 1.165) is 6.26 Å². The molecule has 0 aromatic heterocycles. The molecule has 2 rings (SSSR count). The van der Waals surface area contributed by atoms with Crippen molar-refractivity contribution in [2.45, 2.75) is 11.0 Å². The smallest absolute Gasteiger partial charge is 0.251 e. The van der Waals surface area contributed by atoms with Crippen LogP contribution in [-0.4, -0.2) is 32.2 Å². The highest BCUT2D eigenvalue weighted by Gasteiger charge is 2.12. The van der Waals surface area contributed by atoms with Gasteiger partial charge in [0.15, 0.2) is 9.84 Å². The lowest BCUT2D eigenvalue weighted by atomic mass is 10.1. The van der Waals surface area contributed by atoms with Gasteiger partial charge in [-0.3, -0.25) is 4.79 Å². The first-order valence-corrected chi connectivity index (χ1v) is 9.06. The van der Waals surface area contributed by atoms with Crippen molar-refractivity contribution in [3.8, 4) is 0 Å². The van der Waals surface area contributed by atoms with Crippen molar-refractivity contribution in [2.75, 3.05) is 12.8 Å². The van der Waals surface area contributed by atoms with Gasteiger partial charge in [-0.05, 0) is 42.0 Å². The Labute approximate surface area is 139 Å². The Bertz CT molecular complexity index is 803. The minimum atomic E-state index is -3.30. The van der Waals surface area contributed by atoms with Gasteiger partial charge in [0, 0.05) is 23.4 Å². The molecule has 0 spiro atoms. The molecule has 0 saturated heterocycles. The van der Waals surface area contributed by atoms with Crippen LogP contribution in [0.2, 0.25) is 5.02 Å². The molecule has 0 fully saturated rings. The molecule has 122 valence electrons. The molecular formula is C16H16ClNO4S. The molecular weight excluding hydrogens is 338 g/mol. The molecule has 5 nitrogen and oxygen atoms in total. The summed E-state index contributed by atoms with van der Waals surface area (Å²) >= 11 is 5.85. The number of amides is 1. The number of halogens is 1. The molecule has 0 bridgehead atoms. The third kappa shape index (κ3) is 4.79. The summed E-state index contributed by atoms with van der Waals surface area (Å²) in [5.74, 6) is -0.397.